The largest absolute Gasteiger partial charge is 0.322 e. The smallest absolute Gasteiger partial charge is 0.257 e. The molecule has 132 valence electrons. The normalized spacial score (nSPS) is 10.6. The summed E-state index contributed by atoms with van der Waals surface area (Å²) in [5.74, 6) is -0.196. The SMILES string of the molecule is Cn1cc(-c2ccc(NC(=O)c3ccc(-c4ccncc4)nc3)cc2)cn1. The molecule has 0 saturated carbocycles. The highest BCUT2D eigenvalue weighted by molar-refractivity contribution is 6.04. The Balaban J connectivity index is 1.46. The maximum atomic E-state index is 12.4. The van der Waals surface area contributed by atoms with Crippen LogP contribution < -0.4 is 5.32 Å². The molecule has 0 aliphatic rings. The molecule has 27 heavy (non-hydrogen) atoms. The van der Waals surface area contributed by atoms with E-state index in [1.807, 2.05) is 61.9 Å². The average molecular weight is 355 g/mol. The molecule has 6 nitrogen and oxygen atoms in total. The van der Waals surface area contributed by atoms with Gasteiger partial charge in [-0.15, -0.1) is 0 Å². The monoisotopic (exact) mass is 355 g/mol. The van der Waals surface area contributed by atoms with Crippen molar-refractivity contribution in [1.82, 2.24) is 19.7 Å². The summed E-state index contributed by atoms with van der Waals surface area (Å²) < 4.78 is 1.76. The molecule has 0 aliphatic heterocycles. The first kappa shape index (κ1) is 16.7. The van der Waals surface area contributed by atoms with E-state index in [0.29, 0.717) is 5.56 Å². The van der Waals surface area contributed by atoms with Gasteiger partial charge in [-0.1, -0.05) is 12.1 Å². The molecule has 0 saturated heterocycles. The Labute approximate surface area is 156 Å². The van der Waals surface area contributed by atoms with Gasteiger partial charge in [-0.25, -0.2) is 0 Å². The minimum absolute atomic E-state index is 0.196. The van der Waals surface area contributed by atoms with Gasteiger partial charge in [-0.05, 0) is 42.0 Å². The third-order valence-corrected chi connectivity index (χ3v) is 4.18. The van der Waals surface area contributed by atoms with E-state index in [1.54, 1.807) is 29.3 Å². The molecule has 0 bridgehead atoms. The highest BCUT2D eigenvalue weighted by Crippen LogP contribution is 2.21. The first-order valence-electron chi connectivity index (χ1n) is 8.46. The Hall–Kier alpha value is -3.80. The second kappa shape index (κ2) is 7.21. The van der Waals surface area contributed by atoms with Crippen LogP contribution >= 0.6 is 0 Å². The predicted octanol–water partition coefficient (Wildman–Crippen LogP) is 3.80. The molecule has 3 heterocycles. The van der Waals surface area contributed by atoms with Crippen molar-refractivity contribution in [3.05, 3.63) is 85.1 Å². The Bertz CT molecular complexity index is 1050. The zero-order valence-electron chi connectivity index (χ0n) is 14.7. The van der Waals surface area contributed by atoms with Crippen molar-refractivity contribution in [2.24, 2.45) is 7.05 Å². The Kier molecular flexibility index (Phi) is 4.45. The van der Waals surface area contributed by atoms with Gasteiger partial charge < -0.3 is 5.32 Å². The van der Waals surface area contributed by atoms with Crippen molar-refractivity contribution in [3.63, 3.8) is 0 Å². The number of hydrogen-bond acceptors (Lipinski definition) is 4. The van der Waals surface area contributed by atoms with Crippen LogP contribution in [-0.2, 0) is 7.05 Å². The van der Waals surface area contributed by atoms with Crippen LogP contribution in [0.3, 0.4) is 0 Å². The van der Waals surface area contributed by atoms with Crippen LogP contribution in [0, 0.1) is 0 Å². The Morgan fingerprint density at radius 3 is 2.30 bits per heavy atom. The van der Waals surface area contributed by atoms with Crippen molar-refractivity contribution in [2.75, 3.05) is 5.32 Å². The topological polar surface area (TPSA) is 72.7 Å². The molecule has 0 aliphatic carbocycles. The fourth-order valence-electron chi connectivity index (χ4n) is 2.74. The summed E-state index contributed by atoms with van der Waals surface area (Å²) in [5.41, 5.74) is 5.07. The lowest BCUT2D eigenvalue weighted by atomic mass is 10.1. The van der Waals surface area contributed by atoms with Gasteiger partial charge in [-0.3, -0.25) is 19.4 Å². The summed E-state index contributed by atoms with van der Waals surface area (Å²) in [6.07, 6.45) is 8.77. The number of nitrogens with one attached hydrogen (secondary N) is 1. The van der Waals surface area contributed by atoms with Crippen LogP contribution in [0.15, 0.2) is 79.5 Å². The van der Waals surface area contributed by atoms with Crippen molar-refractivity contribution < 1.29 is 4.79 Å². The van der Waals surface area contributed by atoms with Crippen molar-refractivity contribution in [1.29, 1.82) is 0 Å². The van der Waals surface area contributed by atoms with Crippen molar-refractivity contribution in [2.45, 2.75) is 0 Å². The zero-order valence-corrected chi connectivity index (χ0v) is 14.7. The standard InChI is InChI=1S/C21H17N5O/c1-26-14-18(13-24-26)15-2-5-19(6-3-15)25-21(27)17-4-7-20(23-12-17)16-8-10-22-11-9-16/h2-14H,1H3,(H,25,27). The van der Waals surface area contributed by atoms with E-state index in [1.165, 1.54) is 0 Å². The van der Waals surface area contributed by atoms with E-state index in [4.69, 9.17) is 0 Å². The minimum Gasteiger partial charge on any atom is -0.322 e. The molecule has 0 fully saturated rings. The number of carbonyl (C=O) groups is 1. The van der Waals surface area contributed by atoms with Gasteiger partial charge in [0.15, 0.2) is 0 Å². The highest BCUT2D eigenvalue weighted by atomic mass is 16.1. The summed E-state index contributed by atoms with van der Waals surface area (Å²) in [5, 5.41) is 7.06. The maximum Gasteiger partial charge on any atom is 0.257 e. The van der Waals surface area contributed by atoms with Crippen LogP contribution in [0.2, 0.25) is 0 Å². The zero-order chi connectivity index (χ0) is 18.6. The van der Waals surface area contributed by atoms with E-state index in [2.05, 4.69) is 20.4 Å². The van der Waals surface area contributed by atoms with Gasteiger partial charge in [0.25, 0.3) is 5.91 Å². The molecule has 4 rings (SSSR count). The van der Waals surface area contributed by atoms with E-state index in [9.17, 15) is 4.79 Å². The van der Waals surface area contributed by atoms with Crippen LogP contribution in [-0.4, -0.2) is 25.7 Å². The van der Waals surface area contributed by atoms with Crippen LogP contribution in [0.1, 0.15) is 10.4 Å². The molecular formula is C21H17N5O. The molecule has 1 aromatic carbocycles. The van der Waals surface area contributed by atoms with Crippen LogP contribution in [0.5, 0.6) is 0 Å². The third kappa shape index (κ3) is 3.74. The summed E-state index contributed by atoms with van der Waals surface area (Å²) in [7, 11) is 1.88. The van der Waals surface area contributed by atoms with Gasteiger partial charge in [-0.2, -0.15) is 5.10 Å². The second-order valence-corrected chi connectivity index (χ2v) is 6.10. The van der Waals surface area contributed by atoms with E-state index >= 15 is 0 Å². The molecule has 3 aromatic heterocycles. The van der Waals surface area contributed by atoms with E-state index in [-0.39, 0.29) is 5.91 Å². The van der Waals surface area contributed by atoms with Gasteiger partial charge >= 0.3 is 0 Å². The second-order valence-electron chi connectivity index (χ2n) is 6.10. The van der Waals surface area contributed by atoms with Gasteiger partial charge in [0.2, 0.25) is 0 Å². The third-order valence-electron chi connectivity index (χ3n) is 4.18. The first-order valence-corrected chi connectivity index (χ1v) is 8.46. The number of anilines is 1. The first-order chi connectivity index (χ1) is 13.2. The fraction of sp³-hybridized carbons (Fsp3) is 0.0476. The minimum atomic E-state index is -0.196. The number of aryl methyl sites for hydroxylation is 1. The number of hydrogen-bond donors (Lipinski definition) is 1. The molecule has 0 unspecified atom stereocenters. The summed E-state index contributed by atoms with van der Waals surface area (Å²) in [4.78, 5) is 20.8. The van der Waals surface area contributed by atoms with Gasteiger partial charge in [0.1, 0.15) is 0 Å². The number of benzene rings is 1. The lowest BCUT2D eigenvalue weighted by Crippen LogP contribution is -2.12. The summed E-state index contributed by atoms with van der Waals surface area (Å²) in [6, 6.07) is 15.0. The number of pyridine rings is 2. The quantitative estimate of drug-likeness (QED) is 0.604. The Morgan fingerprint density at radius 1 is 0.889 bits per heavy atom. The predicted molar refractivity (Wildman–Crippen MR) is 104 cm³/mol. The average Bonchev–Trinajstić information content (AvgIpc) is 3.16. The molecular weight excluding hydrogens is 338 g/mol. The van der Waals surface area contributed by atoms with Gasteiger partial charge in [0.05, 0.1) is 17.5 Å². The number of carbonyl (C=O) groups excluding carboxylic acids is 1. The maximum absolute atomic E-state index is 12.4. The molecule has 6 heteroatoms. The number of amides is 1. The molecule has 0 atom stereocenters. The van der Waals surface area contributed by atoms with E-state index < -0.39 is 0 Å². The Morgan fingerprint density at radius 2 is 1.67 bits per heavy atom. The van der Waals surface area contributed by atoms with Crippen molar-refractivity contribution >= 4 is 11.6 Å². The molecule has 1 amide bonds. The lowest BCUT2D eigenvalue weighted by Gasteiger charge is -2.07. The lowest BCUT2D eigenvalue weighted by molar-refractivity contribution is 0.102. The molecule has 0 radical (unpaired) electrons. The number of rotatable bonds is 4. The fourth-order valence-corrected chi connectivity index (χ4v) is 2.74. The van der Waals surface area contributed by atoms with Gasteiger partial charge in [0, 0.05) is 48.6 Å². The molecule has 1 N–H and O–H groups in total. The number of aromatic nitrogens is 4. The van der Waals surface area contributed by atoms with Crippen LogP contribution in [0.4, 0.5) is 5.69 Å². The number of nitrogens with zero attached hydrogens (tertiary/aromatic N) is 4. The van der Waals surface area contributed by atoms with Crippen molar-refractivity contribution in [3.8, 4) is 22.4 Å². The van der Waals surface area contributed by atoms with Crippen LogP contribution in [0.25, 0.3) is 22.4 Å². The molecule has 4 aromatic rings. The summed E-state index contributed by atoms with van der Waals surface area (Å²) in [6.45, 7) is 0. The molecule has 0 spiro atoms. The summed E-state index contributed by atoms with van der Waals surface area (Å²) >= 11 is 0. The van der Waals surface area contributed by atoms with E-state index in [0.717, 1.165) is 28.1 Å². The highest BCUT2D eigenvalue weighted by Gasteiger charge is 2.08.